The van der Waals surface area contributed by atoms with Gasteiger partial charge in [-0.15, -0.1) is 0 Å². The topological polar surface area (TPSA) is 62.7 Å². The summed E-state index contributed by atoms with van der Waals surface area (Å²) >= 11 is 3.34. The van der Waals surface area contributed by atoms with Crippen molar-refractivity contribution in [3.63, 3.8) is 0 Å². The van der Waals surface area contributed by atoms with E-state index in [-0.39, 0.29) is 6.54 Å². The number of nitrogens with zero attached hydrogens (tertiary/aromatic N) is 2. The van der Waals surface area contributed by atoms with Crippen molar-refractivity contribution in [2.45, 2.75) is 38.4 Å². The van der Waals surface area contributed by atoms with Gasteiger partial charge in [0.2, 0.25) is 0 Å². The van der Waals surface area contributed by atoms with E-state index in [0.29, 0.717) is 18.5 Å². The summed E-state index contributed by atoms with van der Waals surface area (Å²) in [7, 11) is 0. The minimum absolute atomic E-state index is 0.222. The smallest absolute Gasteiger partial charge is 0.410 e. The minimum Gasteiger partial charge on any atom is -0.444 e. The number of aliphatic hydroxyl groups is 1. The molecule has 0 aromatic carbocycles. The summed E-state index contributed by atoms with van der Waals surface area (Å²) in [6.07, 6.45) is 3.37. The van der Waals surface area contributed by atoms with Crippen LogP contribution in [-0.4, -0.2) is 39.8 Å². The van der Waals surface area contributed by atoms with Gasteiger partial charge in [0.1, 0.15) is 11.2 Å². The Labute approximate surface area is 127 Å². The number of amides is 1. The maximum Gasteiger partial charge on any atom is 0.410 e. The third-order valence-corrected chi connectivity index (χ3v) is 3.58. The van der Waals surface area contributed by atoms with E-state index in [2.05, 4.69) is 20.9 Å². The molecule has 0 radical (unpaired) electrons. The number of ether oxygens (including phenoxy) is 1. The lowest BCUT2D eigenvalue weighted by molar-refractivity contribution is 0.0139. The van der Waals surface area contributed by atoms with Gasteiger partial charge >= 0.3 is 6.09 Å². The fourth-order valence-corrected chi connectivity index (χ4v) is 2.54. The highest BCUT2D eigenvalue weighted by molar-refractivity contribution is 9.10. The lowest BCUT2D eigenvalue weighted by Gasteiger charge is -2.26. The molecule has 2 heterocycles. The van der Waals surface area contributed by atoms with Crippen molar-refractivity contribution in [2.75, 3.05) is 13.1 Å². The zero-order valence-electron chi connectivity index (χ0n) is 11.9. The zero-order chi connectivity index (χ0) is 15.0. The lowest BCUT2D eigenvalue weighted by Crippen LogP contribution is -2.38. The molecular weight excluding hydrogens is 324 g/mol. The third-order valence-electron chi connectivity index (χ3n) is 3.14. The van der Waals surface area contributed by atoms with Crippen LogP contribution >= 0.6 is 15.9 Å². The molecule has 1 N–H and O–H groups in total. The van der Waals surface area contributed by atoms with Crippen molar-refractivity contribution in [1.29, 1.82) is 0 Å². The van der Waals surface area contributed by atoms with E-state index < -0.39 is 17.3 Å². The Morgan fingerprint density at radius 2 is 2.20 bits per heavy atom. The first-order valence-electron chi connectivity index (χ1n) is 6.51. The van der Waals surface area contributed by atoms with E-state index in [4.69, 9.17) is 4.74 Å². The highest BCUT2D eigenvalue weighted by atomic mass is 79.9. The maximum absolute atomic E-state index is 12.0. The SMILES string of the molecule is CC(C)(C)OC(=O)N1CCC(O)(c2cncc(Br)c2)C1. The first-order chi connectivity index (χ1) is 9.20. The van der Waals surface area contributed by atoms with Crippen LogP contribution in [0.25, 0.3) is 0 Å². The predicted molar refractivity (Wildman–Crippen MR) is 78.3 cm³/mol. The van der Waals surface area contributed by atoms with Crippen LogP contribution in [0.2, 0.25) is 0 Å². The molecule has 2 rings (SSSR count). The molecule has 110 valence electrons. The number of likely N-dealkylation sites (tertiary alicyclic amines) is 1. The standard InChI is InChI=1S/C14H19BrN2O3/c1-13(2,3)20-12(18)17-5-4-14(19,9-17)10-6-11(15)8-16-7-10/h6-8,19H,4-5,9H2,1-3H3. The fourth-order valence-electron chi connectivity index (χ4n) is 2.18. The van der Waals surface area contributed by atoms with Crippen LogP contribution < -0.4 is 0 Å². The molecule has 0 spiro atoms. The average molecular weight is 343 g/mol. The van der Waals surface area contributed by atoms with Crippen molar-refractivity contribution in [3.8, 4) is 0 Å². The van der Waals surface area contributed by atoms with E-state index in [9.17, 15) is 9.90 Å². The minimum atomic E-state index is -1.06. The molecular formula is C14H19BrN2O3. The summed E-state index contributed by atoms with van der Waals surface area (Å²) in [5.74, 6) is 0. The second-order valence-electron chi connectivity index (χ2n) is 6.08. The zero-order valence-corrected chi connectivity index (χ0v) is 13.5. The summed E-state index contributed by atoms with van der Waals surface area (Å²) < 4.78 is 6.13. The van der Waals surface area contributed by atoms with Crippen molar-refractivity contribution < 1.29 is 14.6 Å². The molecule has 5 nitrogen and oxygen atoms in total. The monoisotopic (exact) mass is 342 g/mol. The largest absolute Gasteiger partial charge is 0.444 e. The molecule has 1 aliphatic heterocycles. The van der Waals surface area contributed by atoms with Crippen LogP contribution in [0.5, 0.6) is 0 Å². The van der Waals surface area contributed by atoms with E-state index >= 15 is 0 Å². The average Bonchev–Trinajstić information content (AvgIpc) is 2.71. The quantitative estimate of drug-likeness (QED) is 0.852. The Hall–Kier alpha value is -1.14. The maximum atomic E-state index is 12.0. The molecule has 1 amide bonds. The van der Waals surface area contributed by atoms with Crippen LogP contribution in [0, 0.1) is 0 Å². The lowest BCUT2D eigenvalue weighted by atomic mass is 9.95. The van der Waals surface area contributed by atoms with Gasteiger partial charge in [0.05, 0.1) is 6.54 Å². The number of carbonyl (C=O) groups is 1. The van der Waals surface area contributed by atoms with Gasteiger partial charge in [0.25, 0.3) is 0 Å². The van der Waals surface area contributed by atoms with Gasteiger partial charge in [-0.3, -0.25) is 4.98 Å². The molecule has 6 heteroatoms. The molecule has 1 fully saturated rings. The van der Waals surface area contributed by atoms with Gasteiger partial charge in [-0.1, -0.05) is 0 Å². The molecule has 1 aliphatic rings. The normalized spacial score (nSPS) is 22.9. The van der Waals surface area contributed by atoms with Gasteiger partial charge < -0.3 is 14.7 Å². The number of aromatic nitrogens is 1. The molecule has 1 aromatic heterocycles. The summed E-state index contributed by atoms with van der Waals surface area (Å²) in [5.41, 5.74) is -0.888. The number of carbonyl (C=O) groups excluding carboxylic acids is 1. The van der Waals surface area contributed by atoms with Gasteiger partial charge in [-0.25, -0.2) is 4.79 Å². The third kappa shape index (κ3) is 3.49. The molecule has 1 saturated heterocycles. The molecule has 0 bridgehead atoms. The summed E-state index contributed by atoms with van der Waals surface area (Å²) in [6.45, 7) is 6.17. The van der Waals surface area contributed by atoms with Crippen molar-refractivity contribution >= 4 is 22.0 Å². The highest BCUT2D eigenvalue weighted by Crippen LogP contribution is 2.33. The van der Waals surface area contributed by atoms with Gasteiger partial charge in [-0.2, -0.15) is 0 Å². The number of pyridine rings is 1. The Morgan fingerprint density at radius 1 is 1.50 bits per heavy atom. The van der Waals surface area contributed by atoms with Crippen molar-refractivity contribution in [1.82, 2.24) is 9.88 Å². The molecule has 0 aliphatic carbocycles. The Kier molecular flexibility index (Phi) is 4.07. The van der Waals surface area contributed by atoms with E-state index in [1.165, 1.54) is 4.90 Å². The first kappa shape index (κ1) is 15.3. The molecule has 1 unspecified atom stereocenters. The number of hydrogen-bond donors (Lipinski definition) is 1. The van der Waals surface area contributed by atoms with Crippen LogP contribution in [0.1, 0.15) is 32.8 Å². The van der Waals surface area contributed by atoms with Crippen molar-refractivity contribution in [3.05, 3.63) is 28.5 Å². The second kappa shape index (κ2) is 5.33. The summed E-state index contributed by atoms with van der Waals surface area (Å²) in [6, 6.07) is 1.82. The van der Waals surface area contributed by atoms with Crippen LogP contribution in [0.15, 0.2) is 22.9 Å². The van der Waals surface area contributed by atoms with Crippen LogP contribution in [0.3, 0.4) is 0 Å². The number of halogens is 1. The molecule has 1 atom stereocenters. The van der Waals surface area contributed by atoms with Gasteiger partial charge in [0, 0.05) is 29.0 Å². The number of rotatable bonds is 1. The Balaban J connectivity index is 2.10. The molecule has 1 aromatic rings. The Bertz CT molecular complexity index is 515. The van der Waals surface area contributed by atoms with Gasteiger partial charge in [-0.05, 0) is 49.2 Å². The summed E-state index contributed by atoms with van der Waals surface area (Å²) in [5, 5.41) is 10.7. The van der Waals surface area contributed by atoms with E-state index in [1.54, 1.807) is 12.4 Å². The van der Waals surface area contributed by atoms with Crippen LogP contribution in [0.4, 0.5) is 4.79 Å². The molecule has 0 saturated carbocycles. The summed E-state index contributed by atoms with van der Waals surface area (Å²) in [4.78, 5) is 17.6. The second-order valence-corrected chi connectivity index (χ2v) is 6.99. The van der Waals surface area contributed by atoms with Crippen LogP contribution in [-0.2, 0) is 10.3 Å². The number of hydrogen-bond acceptors (Lipinski definition) is 4. The van der Waals surface area contributed by atoms with Gasteiger partial charge in [0.15, 0.2) is 0 Å². The van der Waals surface area contributed by atoms with E-state index in [1.807, 2.05) is 26.8 Å². The number of β-amino-alcohol motifs (C(OH)–C–C–N with tert-alkyl or cyclic N) is 1. The van der Waals surface area contributed by atoms with Crippen molar-refractivity contribution in [2.24, 2.45) is 0 Å². The first-order valence-corrected chi connectivity index (χ1v) is 7.30. The Morgan fingerprint density at radius 3 is 2.80 bits per heavy atom. The molecule has 20 heavy (non-hydrogen) atoms. The highest BCUT2D eigenvalue weighted by Gasteiger charge is 2.41. The predicted octanol–water partition coefficient (Wildman–Crippen LogP) is 2.67. The fraction of sp³-hybridized carbons (Fsp3) is 0.571. The van der Waals surface area contributed by atoms with E-state index in [0.717, 1.165) is 4.47 Å².